The minimum absolute atomic E-state index is 0.0151. The Balaban J connectivity index is 1.53. The quantitative estimate of drug-likeness (QED) is 0.769. The molecule has 1 aromatic carbocycles. The van der Waals surface area contributed by atoms with Gasteiger partial charge in [-0.2, -0.15) is 10.3 Å². The van der Waals surface area contributed by atoms with Gasteiger partial charge in [0.1, 0.15) is 6.17 Å². The van der Waals surface area contributed by atoms with E-state index in [2.05, 4.69) is 51.4 Å². The van der Waals surface area contributed by atoms with Crippen LogP contribution in [0.1, 0.15) is 24.0 Å². The van der Waals surface area contributed by atoms with Crippen molar-refractivity contribution >= 4 is 11.9 Å². The van der Waals surface area contributed by atoms with E-state index in [9.17, 15) is 5.26 Å². The number of hydrogen-bond donors (Lipinski definition) is 1. The van der Waals surface area contributed by atoms with Crippen LogP contribution in [0.5, 0.6) is 0 Å². The molecule has 0 aliphatic carbocycles. The molecular formula is C25H30N8. The van der Waals surface area contributed by atoms with E-state index >= 15 is 0 Å². The van der Waals surface area contributed by atoms with Gasteiger partial charge < -0.3 is 15.6 Å². The second-order valence-electron chi connectivity index (χ2n) is 9.12. The van der Waals surface area contributed by atoms with Gasteiger partial charge in [-0.1, -0.05) is 12.1 Å². The van der Waals surface area contributed by atoms with Gasteiger partial charge in [0.25, 0.3) is 0 Å². The molecule has 2 unspecified atom stereocenters. The molecule has 2 atom stereocenters. The van der Waals surface area contributed by atoms with Crippen LogP contribution in [0.15, 0.2) is 69.4 Å². The number of dihydropyridines is 1. The average Bonchev–Trinajstić information content (AvgIpc) is 3.12. The Labute approximate surface area is 195 Å². The summed E-state index contributed by atoms with van der Waals surface area (Å²) in [5.74, 6) is 0. The molecule has 4 aliphatic heterocycles. The number of nitrogens with two attached hydrogens (primary N) is 1. The Morgan fingerprint density at radius 2 is 1.79 bits per heavy atom. The summed E-state index contributed by atoms with van der Waals surface area (Å²) < 4.78 is 0. The van der Waals surface area contributed by atoms with Crippen LogP contribution >= 0.6 is 0 Å². The van der Waals surface area contributed by atoms with E-state index in [0.29, 0.717) is 5.56 Å². The predicted octanol–water partition coefficient (Wildman–Crippen LogP) is 1.90. The molecule has 1 fully saturated rings. The first-order valence-corrected chi connectivity index (χ1v) is 11.4. The van der Waals surface area contributed by atoms with E-state index in [1.807, 2.05) is 44.6 Å². The molecule has 8 heteroatoms. The number of likely N-dealkylation sites (N-methyl/N-ethyl adjacent to an activating group) is 1. The average molecular weight is 443 g/mol. The third-order valence-corrected chi connectivity index (χ3v) is 6.86. The molecule has 0 amide bonds. The zero-order chi connectivity index (χ0) is 23.1. The number of piperidine rings is 1. The van der Waals surface area contributed by atoms with Gasteiger partial charge in [0.05, 0.1) is 17.3 Å². The number of hydrazine groups is 1. The van der Waals surface area contributed by atoms with Crippen LogP contribution in [-0.2, 0) is 0 Å². The number of likely N-dealkylation sites (tertiary alicyclic amines) is 1. The van der Waals surface area contributed by atoms with Crippen molar-refractivity contribution in [1.29, 1.82) is 5.26 Å². The maximum atomic E-state index is 9.24. The lowest BCUT2D eigenvalue weighted by atomic mass is 9.92. The lowest BCUT2D eigenvalue weighted by molar-refractivity contribution is 0.0732. The fourth-order valence-corrected chi connectivity index (χ4v) is 4.81. The Hall–Kier alpha value is -3.25. The van der Waals surface area contributed by atoms with Crippen molar-refractivity contribution in [2.45, 2.75) is 31.3 Å². The van der Waals surface area contributed by atoms with E-state index in [4.69, 9.17) is 15.7 Å². The number of rotatable bonds is 3. The lowest BCUT2D eigenvalue weighted by Gasteiger charge is -2.41. The largest absolute Gasteiger partial charge is 0.346 e. The highest BCUT2D eigenvalue weighted by atomic mass is 15.6. The summed E-state index contributed by atoms with van der Waals surface area (Å²) in [5, 5.41) is 13.4. The Kier molecular flexibility index (Phi) is 5.62. The van der Waals surface area contributed by atoms with Crippen molar-refractivity contribution in [1.82, 2.24) is 19.8 Å². The van der Waals surface area contributed by atoms with Crippen LogP contribution in [0, 0.1) is 11.3 Å². The monoisotopic (exact) mass is 442 g/mol. The molecule has 8 nitrogen and oxygen atoms in total. The fourth-order valence-electron chi connectivity index (χ4n) is 4.81. The molecule has 170 valence electrons. The molecule has 4 aliphatic rings. The highest BCUT2D eigenvalue weighted by Gasteiger charge is 2.33. The number of fused-ring (bicyclic) bond motifs is 1. The van der Waals surface area contributed by atoms with Gasteiger partial charge in [-0.05, 0) is 31.1 Å². The van der Waals surface area contributed by atoms with Gasteiger partial charge in [-0.15, -0.1) is 0 Å². The second-order valence-corrected chi connectivity index (χ2v) is 9.12. The highest BCUT2D eigenvalue weighted by Crippen LogP contribution is 2.32. The summed E-state index contributed by atoms with van der Waals surface area (Å²) in [5.41, 5.74) is 11.9. The normalized spacial score (nSPS) is 26.4. The van der Waals surface area contributed by atoms with E-state index in [1.165, 1.54) is 0 Å². The molecular weight excluding hydrogens is 412 g/mol. The number of allylic oxidation sites excluding steroid dienone is 2. The molecule has 33 heavy (non-hydrogen) atoms. The summed E-state index contributed by atoms with van der Waals surface area (Å²) in [6, 6.07) is 10.2. The van der Waals surface area contributed by atoms with Gasteiger partial charge in [-0.25, -0.2) is 4.99 Å². The van der Waals surface area contributed by atoms with Crippen LogP contribution < -0.4 is 5.73 Å². The summed E-state index contributed by atoms with van der Waals surface area (Å²) in [4.78, 5) is 14.6. The van der Waals surface area contributed by atoms with E-state index < -0.39 is 0 Å². The molecule has 1 saturated heterocycles. The van der Waals surface area contributed by atoms with Gasteiger partial charge in [0, 0.05) is 81.2 Å². The molecule has 0 bridgehead atoms. The van der Waals surface area contributed by atoms with Crippen LogP contribution in [0.4, 0.5) is 0 Å². The third-order valence-electron chi connectivity index (χ3n) is 6.86. The van der Waals surface area contributed by atoms with Crippen molar-refractivity contribution < 1.29 is 0 Å². The van der Waals surface area contributed by atoms with E-state index in [0.717, 1.165) is 53.9 Å². The predicted molar refractivity (Wildman–Crippen MR) is 130 cm³/mol. The fraction of sp³-hybridized carbons (Fsp3) is 0.400. The smallest absolute Gasteiger partial charge is 0.178 e. The number of aliphatic imine (C=N–C) groups is 2. The molecule has 0 saturated carbocycles. The zero-order valence-corrected chi connectivity index (χ0v) is 19.4. The first-order chi connectivity index (χ1) is 15.9. The van der Waals surface area contributed by atoms with Gasteiger partial charge in [0.2, 0.25) is 0 Å². The number of benzene rings is 1. The highest BCUT2D eigenvalue weighted by molar-refractivity contribution is 6.19. The maximum absolute atomic E-state index is 9.24. The van der Waals surface area contributed by atoms with Crippen LogP contribution in [0.25, 0.3) is 0 Å². The number of hydrogen-bond acceptors (Lipinski definition) is 8. The Morgan fingerprint density at radius 1 is 1.06 bits per heavy atom. The number of nitriles is 1. The maximum Gasteiger partial charge on any atom is 0.178 e. The van der Waals surface area contributed by atoms with E-state index in [-0.39, 0.29) is 18.5 Å². The van der Waals surface area contributed by atoms with Crippen molar-refractivity contribution in [3.63, 3.8) is 0 Å². The second kappa shape index (κ2) is 8.60. The van der Waals surface area contributed by atoms with Crippen molar-refractivity contribution in [3.8, 4) is 6.07 Å². The van der Waals surface area contributed by atoms with Gasteiger partial charge in [-0.3, -0.25) is 9.89 Å². The molecule has 1 aromatic rings. The molecule has 5 rings (SSSR count). The molecule has 0 aromatic heterocycles. The molecule has 0 radical (unpaired) electrons. The lowest BCUT2D eigenvalue weighted by Crippen LogP contribution is -2.51. The number of nitrogens with zero attached hydrogens (tertiary/aromatic N) is 7. The summed E-state index contributed by atoms with van der Waals surface area (Å²) in [6.07, 6.45) is 10.4. The first kappa shape index (κ1) is 21.6. The summed E-state index contributed by atoms with van der Waals surface area (Å²) in [7, 11) is 6.15. The topological polar surface area (TPSA) is 87.5 Å². The standard InChI is InChI=1S/C25H30N8/c1-30-16-22(19-12-20-15-31(2)32(3)24(20)28-14-19)23(18-6-4-17(13-26)5-7-18)29-25(30)33-10-8-21(27)9-11-33/h4-7,12,14-16,21,24-25H,8-11,27H2,1-3H3. The minimum Gasteiger partial charge on any atom is -0.346 e. The Morgan fingerprint density at radius 3 is 2.48 bits per heavy atom. The van der Waals surface area contributed by atoms with Crippen molar-refractivity contribution in [2.24, 2.45) is 15.7 Å². The Bertz CT molecular complexity index is 1110. The van der Waals surface area contributed by atoms with Crippen LogP contribution in [0.3, 0.4) is 0 Å². The van der Waals surface area contributed by atoms with E-state index in [1.54, 1.807) is 0 Å². The van der Waals surface area contributed by atoms with Gasteiger partial charge in [0.15, 0.2) is 6.29 Å². The third kappa shape index (κ3) is 4.00. The summed E-state index contributed by atoms with van der Waals surface area (Å²) >= 11 is 0. The summed E-state index contributed by atoms with van der Waals surface area (Å²) in [6.45, 7) is 1.86. The van der Waals surface area contributed by atoms with Crippen LogP contribution in [0.2, 0.25) is 0 Å². The molecule has 2 N–H and O–H groups in total. The van der Waals surface area contributed by atoms with Crippen molar-refractivity contribution in [2.75, 3.05) is 34.2 Å². The minimum atomic E-state index is -0.0799. The first-order valence-electron chi connectivity index (χ1n) is 11.4. The zero-order valence-electron chi connectivity index (χ0n) is 19.4. The molecule has 4 heterocycles. The van der Waals surface area contributed by atoms with Gasteiger partial charge >= 0.3 is 0 Å². The van der Waals surface area contributed by atoms with Crippen LogP contribution in [-0.4, -0.2) is 84.5 Å². The molecule has 0 spiro atoms. The van der Waals surface area contributed by atoms with Crippen molar-refractivity contribution in [3.05, 3.63) is 70.6 Å². The SMILES string of the molecule is CN1C=C(C2=CC3=CN(C)N(C)C3N=C2)C(c2ccc(C#N)cc2)=NC1N1CCC(N)CC1.